The average molecular weight is 372 g/mol. The van der Waals surface area contributed by atoms with E-state index in [0.29, 0.717) is 11.1 Å². The Hall–Kier alpha value is -3.02. The maximum absolute atomic E-state index is 13.3. The van der Waals surface area contributed by atoms with Gasteiger partial charge in [0.25, 0.3) is 0 Å². The zero-order chi connectivity index (χ0) is 19.7. The minimum Gasteiger partial charge on any atom is -0.464 e. The van der Waals surface area contributed by atoms with Crippen molar-refractivity contribution in [3.8, 4) is 0 Å². The standard InChI is InChI=1S/C21H18F2O4/c1-11-6-16-15(10-26-19(16)7-12(11)2)9-20(24)27-13(3)21(25)14-4-5-17(22)18(23)8-14/h4-8,10,13H,9H2,1-3H3. The zero-order valence-electron chi connectivity index (χ0n) is 15.1. The summed E-state index contributed by atoms with van der Waals surface area (Å²) in [5, 5.41) is 0.814. The SMILES string of the molecule is Cc1cc2occ(CC(=O)OC(C)C(=O)c3ccc(F)c(F)c3)c2cc1C. The number of Topliss-reactive ketones (excluding diaryl/α,β-unsaturated/α-hetero) is 1. The maximum atomic E-state index is 13.3. The monoisotopic (exact) mass is 372 g/mol. The van der Waals surface area contributed by atoms with Crippen LogP contribution in [-0.4, -0.2) is 17.9 Å². The third-order valence-corrected chi connectivity index (χ3v) is 4.49. The lowest BCUT2D eigenvalue weighted by Gasteiger charge is -2.12. The number of benzene rings is 2. The van der Waals surface area contributed by atoms with Crippen molar-refractivity contribution in [2.24, 2.45) is 0 Å². The summed E-state index contributed by atoms with van der Waals surface area (Å²) >= 11 is 0. The van der Waals surface area contributed by atoms with Crippen LogP contribution in [0.25, 0.3) is 11.0 Å². The van der Waals surface area contributed by atoms with Gasteiger partial charge in [-0.05, 0) is 62.2 Å². The number of halogens is 2. The molecular formula is C21H18F2O4. The Kier molecular flexibility index (Phi) is 5.08. The quantitative estimate of drug-likeness (QED) is 0.482. The molecule has 0 N–H and O–H groups in total. The number of rotatable bonds is 5. The molecule has 0 radical (unpaired) electrons. The molecule has 0 aliphatic heterocycles. The lowest BCUT2D eigenvalue weighted by atomic mass is 10.0. The molecule has 0 bridgehead atoms. The van der Waals surface area contributed by atoms with Crippen LogP contribution < -0.4 is 0 Å². The molecule has 0 amide bonds. The molecule has 1 heterocycles. The smallest absolute Gasteiger partial charge is 0.311 e. The Labute approximate surface area is 154 Å². The highest BCUT2D eigenvalue weighted by atomic mass is 19.2. The van der Waals surface area contributed by atoms with Gasteiger partial charge < -0.3 is 9.15 Å². The fraction of sp³-hybridized carbons (Fsp3) is 0.238. The number of ketones is 1. The normalized spacial score (nSPS) is 12.2. The van der Waals surface area contributed by atoms with E-state index >= 15 is 0 Å². The molecule has 1 unspecified atom stereocenters. The van der Waals surface area contributed by atoms with Gasteiger partial charge in [-0.15, -0.1) is 0 Å². The number of carbonyl (C=O) groups excluding carboxylic acids is 2. The Morgan fingerprint density at radius 3 is 2.48 bits per heavy atom. The third-order valence-electron chi connectivity index (χ3n) is 4.49. The van der Waals surface area contributed by atoms with Crippen LogP contribution in [0.5, 0.6) is 0 Å². The molecule has 27 heavy (non-hydrogen) atoms. The van der Waals surface area contributed by atoms with E-state index in [9.17, 15) is 18.4 Å². The fourth-order valence-electron chi connectivity index (χ4n) is 2.81. The van der Waals surface area contributed by atoms with Crippen LogP contribution in [0.1, 0.15) is 34.0 Å². The highest BCUT2D eigenvalue weighted by molar-refractivity contribution is 6.00. The van der Waals surface area contributed by atoms with Gasteiger partial charge in [-0.2, -0.15) is 0 Å². The number of ether oxygens (including phenoxy) is 1. The molecule has 140 valence electrons. The van der Waals surface area contributed by atoms with Crippen molar-refractivity contribution < 1.29 is 27.5 Å². The van der Waals surface area contributed by atoms with Crippen molar-refractivity contribution in [2.75, 3.05) is 0 Å². The number of hydrogen-bond acceptors (Lipinski definition) is 4. The van der Waals surface area contributed by atoms with Gasteiger partial charge in [-0.1, -0.05) is 0 Å². The van der Waals surface area contributed by atoms with Crippen molar-refractivity contribution in [2.45, 2.75) is 33.3 Å². The van der Waals surface area contributed by atoms with Crippen molar-refractivity contribution in [1.82, 2.24) is 0 Å². The molecular weight excluding hydrogens is 354 g/mol. The highest BCUT2D eigenvalue weighted by Gasteiger charge is 2.22. The molecule has 6 heteroatoms. The summed E-state index contributed by atoms with van der Waals surface area (Å²) in [6, 6.07) is 6.64. The van der Waals surface area contributed by atoms with Crippen molar-refractivity contribution in [3.63, 3.8) is 0 Å². The fourth-order valence-corrected chi connectivity index (χ4v) is 2.81. The zero-order valence-corrected chi connectivity index (χ0v) is 15.1. The topological polar surface area (TPSA) is 56.5 Å². The van der Waals surface area contributed by atoms with E-state index in [1.54, 1.807) is 0 Å². The van der Waals surface area contributed by atoms with E-state index in [-0.39, 0.29) is 12.0 Å². The maximum Gasteiger partial charge on any atom is 0.311 e. The van der Waals surface area contributed by atoms with Gasteiger partial charge >= 0.3 is 5.97 Å². The molecule has 0 spiro atoms. The Balaban J connectivity index is 1.71. The first kappa shape index (κ1) is 18.8. The van der Waals surface area contributed by atoms with E-state index in [4.69, 9.17) is 9.15 Å². The van der Waals surface area contributed by atoms with Crippen LogP contribution in [-0.2, 0) is 16.0 Å². The second kappa shape index (κ2) is 7.31. The first-order valence-corrected chi connectivity index (χ1v) is 8.42. The Bertz CT molecular complexity index is 1040. The number of furan rings is 1. The first-order chi connectivity index (χ1) is 12.8. The van der Waals surface area contributed by atoms with Gasteiger partial charge in [0.1, 0.15) is 5.58 Å². The van der Waals surface area contributed by atoms with E-state index < -0.39 is 29.5 Å². The lowest BCUT2D eigenvalue weighted by Crippen LogP contribution is -2.25. The van der Waals surface area contributed by atoms with Gasteiger partial charge in [0.2, 0.25) is 5.78 Å². The summed E-state index contributed by atoms with van der Waals surface area (Å²) in [4.78, 5) is 24.5. The predicted octanol–water partition coefficient (Wildman–Crippen LogP) is 4.68. The largest absolute Gasteiger partial charge is 0.464 e. The van der Waals surface area contributed by atoms with E-state index in [0.717, 1.165) is 34.7 Å². The molecule has 0 aliphatic carbocycles. The molecule has 1 aromatic heterocycles. The van der Waals surface area contributed by atoms with Crippen LogP contribution >= 0.6 is 0 Å². The number of hydrogen-bond donors (Lipinski definition) is 0. The number of esters is 1. The summed E-state index contributed by atoms with van der Waals surface area (Å²) in [5.74, 6) is -3.39. The highest BCUT2D eigenvalue weighted by Crippen LogP contribution is 2.25. The molecule has 0 fully saturated rings. The van der Waals surface area contributed by atoms with Crippen molar-refractivity contribution in [3.05, 3.63) is 70.5 Å². The van der Waals surface area contributed by atoms with Crippen molar-refractivity contribution >= 4 is 22.7 Å². The molecule has 1 atom stereocenters. The Morgan fingerprint density at radius 2 is 1.78 bits per heavy atom. The second-order valence-electron chi connectivity index (χ2n) is 6.50. The molecule has 4 nitrogen and oxygen atoms in total. The van der Waals surface area contributed by atoms with Crippen molar-refractivity contribution in [1.29, 1.82) is 0 Å². The minimum atomic E-state index is -1.13. The third kappa shape index (κ3) is 3.89. The number of aryl methyl sites for hydroxylation is 2. The molecule has 3 rings (SSSR count). The summed E-state index contributed by atoms with van der Waals surface area (Å²) < 4.78 is 36.9. The lowest BCUT2D eigenvalue weighted by molar-refractivity contribution is -0.145. The van der Waals surface area contributed by atoms with Gasteiger partial charge in [-0.3, -0.25) is 9.59 Å². The Morgan fingerprint density at radius 1 is 1.07 bits per heavy atom. The summed E-state index contributed by atoms with van der Waals surface area (Å²) in [6.07, 6.45) is 0.307. The van der Waals surface area contributed by atoms with E-state index in [1.165, 1.54) is 13.2 Å². The molecule has 2 aromatic carbocycles. The van der Waals surface area contributed by atoms with Crippen LogP contribution in [0.2, 0.25) is 0 Å². The van der Waals surface area contributed by atoms with Crippen LogP contribution in [0.3, 0.4) is 0 Å². The van der Waals surface area contributed by atoms with Gasteiger partial charge in [0, 0.05) is 16.5 Å². The van der Waals surface area contributed by atoms with Crippen LogP contribution in [0.15, 0.2) is 41.0 Å². The number of carbonyl (C=O) groups is 2. The van der Waals surface area contributed by atoms with Crippen LogP contribution in [0, 0.1) is 25.5 Å². The van der Waals surface area contributed by atoms with Crippen LogP contribution in [0.4, 0.5) is 8.78 Å². The molecule has 0 aliphatic rings. The molecule has 3 aromatic rings. The summed E-state index contributed by atoms with van der Waals surface area (Å²) in [6.45, 7) is 5.33. The second-order valence-corrected chi connectivity index (χ2v) is 6.50. The first-order valence-electron chi connectivity index (χ1n) is 8.42. The summed E-state index contributed by atoms with van der Waals surface area (Å²) in [7, 11) is 0. The van der Waals surface area contributed by atoms with Gasteiger partial charge in [0.15, 0.2) is 17.7 Å². The van der Waals surface area contributed by atoms with Gasteiger partial charge in [0.05, 0.1) is 12.7 Å². The number of fused-ring (bicyclic) bond motifs is 1. The minimum absolute atomic E-state index is 0.0611. The van der Waals surface area contributed by atoms with Gasteiger partial charge in [-0.25, -0.2) is 8.78 Å². The predicted molar refractivity (Wildman–Crippen MR) is 95.6 cm³/mol. The van der Waals surface area contributed by atoms with E-state index in [2.05, 4.69) is 0 Å². The summed E-state index contributed by atoms with van der Waals surface area (Å²) in [5.41, 5.74) is 3.42. The van der Waals surface area contributed by atoms with E-state index in [1.807, 2.05) is 26.0 Å². The molecule has 0 saturated carbocycles. The molecule has 0 saturated heterocycles. The average Bonchev–Trinajstić information content (AvgIpc) is 2.98.